The minimum absolute atomic E-state index is 0.142. The molecule has 0 spiro atoms. The van der Waals surface area contributed by atoms with Gasteiger partial charge in [0.25, 0.3) is 0 Å². The fourth-order valence-corrected chi connectivity index (χ4v) is 3.25. The molecule has 2 aromatic rings. The first-order valence-corrected chi connectivity index (χ1v) is 10.8. The van der Waals surface area contributed by atoms with Crippen molar-refractivity contribution in [3.05, 3.63) is 59.7 Å². The van der Waals surface area contributed by atoms with Gasteiger partial charge in [-0.25, -0.2) is 0 Å². The van der Waals surface area contributed by atoms with E-state index in [1.54, 1.807) is 0 Å². The van der Waals surface area contributed by atoms with Crippen molar-refractivity contribution >= 4 is 0 Å². The first-order chi connectivity index (χ1) is 14.3. The quantitative estimate of drug-likeness (QED) is 0.519. The molecule has 0 radical (unpaired) electrons. The molecule has 2 aromatic carbocycles. The van der Waals surface area contributed by atoms with E-state index in [4.69, 9.17) is 14.2 Å². The molecule has 1 aliphatic heterocycles. The molecule has 2 unspecified atom stereocenters. The predicted molar refractivity (Wildman–Crippen MR) is 119 cm³/mol. The number of hydrogen-bond acceptors (Lipinski definition) is 5. The van der Waals surface area contributed by atoms with Gasteiger partial charge < -0.3 is 24.6 Å². The molecule has 30 heavy (non-hydrogen) atoms. The van der Waals surface area contributed by atoms with E-state index < -0.39 is 6.10 Å². The first-order valence-electron chi connectivity index (χ1n) is 10.8. The fourth-order valence-electron chi connectivity index (χ4n) is 3.25. The second kappa shape index (κ2) is 10.3. The molecule has 2 atom stereocenters. The molecule has 0 amide bonds. The maximum Gasteiger partial charge on any atom is 0.119 e. The number of ether oxygens (including phenoxy) is 3. The van der Waals surface area contributed by atoms with Crippen molar-refractivity contribution < 1.29 is 19.3 Å². The zero-order chi connectivity index (χ0) is 21.6. The van der Waals surface area contributed by atoms with Gasteiger partial charge in [-0.15, -0.1) is 0 Å². The van der Waals surface area contributed by atoms with Crippen molar-refractivity contribution in [3.63, 3.8) is 0 Å². The second-order valence-corrected chi connectivity index (χ2v) is 8.96. The minimum Gasteiger partial charge on any atom is -0.491 e. The summed E-state index contributed by atoms with van der Waals surface area (Å²) in [5, 5.41) is 13.3. The van der Waals surface area contributed by atoms with Gasteiger partial charge in [-0.1, -0.05) is 52.0 Å². The highest BCUT2D eigenvalue weighted by molar-refractivity contribution is 5.41. The Morgan fingerprint density at radius 3 is 2.00 bits per heavy atom. The molecule has 0 bridgehead atoms. The summed E-state index contributed by atoms with van der Waals surface area (Å²) >= 11 is 0. The van der Waals surface area contributed by atoms with E-state index in [0.29, 0.717) is 19.1 Å². The Labute approximate surface area is 180 Å². The van der Waals surface area contributed by atoms with Crippen molar-refractivity contribution in [2.75, 3.05) is 32.9 Å². The van der Waals surface area contributed by atoms with E-state index in [0.717, 1.165) is 24.7 Å². The van der Waals surface area contributed by atoms with Crippen molar-refractivity contribution in [3.8, 4) is 11.5 Å². The van der Waals surface area contributed by atoms with Crippen LogP contribution in [0.2, 0.25) is 0 Å². The van der Waals surface area contributed by atoms with Crippen molar-refractivity contribution in [1.82, 2.24) is 5.32 Å². The van der Waals surface area contributed by atoms with Crippen LogP contribution in [0, 0.1) is 5.92 Å². The summed E-state index contributed by atoms with van der Waals surface area (Å²) in [7, 11) is 0. The van der Waals surface area contributed by atoms with E-state index in [-0.39, 0.29) is 18.1 Å². The Bertz CT molecular complexity index is 767. The molecule has 1 heterocycles. The summed E-state index contributed by atoms with van der Waals surface area (Å²) in [5.41, 5.74) is 2.28. The summed E-state index contributed by atoms with van der Waals surface area (Å²) in [6, 6.07) is 16.4. The van der Waals surface area contributed by atoms with Gasteiger partial charge in [-0.05, 0) is 47.9 Å². The van der Waals surface area contributed by atoms with E-state index in [9.17, 15) is 5.11 Å². The van der Waals surface area contributed by atoms with Crippen LogP contribution < -0.4 is 14.8 Å². The Morgan fingerprint density at radius 2 is 1.50 bits per heavy atom. The van der Waals surface area contributed by atoms with Gasteiger partial charge >= 0.3 is 0 Å². The lowest BCUT2D eigenvalue weighted by Gasteiger charge is -2.26. The lowest BCUT2D eigenvalue weighted by molar-refractivity contribution is 0.106. The van der Waals surface area contributed by atoms with Crippen LogP contribution in [0.5, 0.6) is 11.5 Å². The van der Waals surface area contributed by atoms with Crippen LogP contribution in [0.1, 0.15) is 38.8 Å². The molecule has 3 rings (SSSR count). The average Bonchev–Trinajstić information content (AvgIpc) is 3.56. The molecule has 2 N–H and O–H groups in total. The highest BCUT2D eigenvalue weighted by Gasteiger charge is 2.25. The normalized spacial score (nSPS) is 17.1. The second-order valence-electron chi connectivity index (χ2n) is 8.96. The number of aliphatic hydroxyl groups is 1. The van der Waals surface area contributed by atoms with Gasteiger partial charge in [0.2, 0.25) is 0 Å². The molecule has 1 fully saturated rings. The molecule has 0 saturated carbocycles. The molecule has 1 aliphatic rings. The zero-order valence-corrected chi connectivity index (χ0v) is 18.6. The maximum absolute atomic E-state index is 10.0. The number of benzene rings is 2. The highest BCUT2D eigenvalue weighted by Crippen LogP contribution is 2.33. The summed E-state index contributed by atoms with van der Waals surface area (Å²) < 4.78 is 16.7. The number of hydrogen-bond donors (Lipinski definition) is 2. The van der Waals surface area contributed by atoms with Crippen molar-refractivity contribution in [2.45, 2.75) is 45.3 Å². The lowest BCUT2D eigenvalue weighted by atomic mass is 9.78. The van der Waals surface area contributed by atoms with Gasteiger partial charge in [0.15, 0.2) is 0 Å². The van der Waals surface area contributed by atoms with E-state index in [2.05, 4.69) is 57.3 Å². The van der Waals surface area contributed by atoms with Gasteiger partial charge in [0.1, 0.15) is 36.9 Å². The number of rotatable bonds is 12. The topological polar surface area (TPSA) is 63.2 Å². The number of epoxide rings is 1. The van der Waals surface area contributed by atoms with E-state index in [1.807, 2.05) is 24.3 Å². The monoisotopic (exact) mass is 413 g/mol. The molecular weight excluding hydrogens is 378 g/mol. The number of nitrogens with one attached hydrogen (secondary N) is 1. The Hall–Kier alpha value is -2.08. The Morgan fingerprint density at radius 1 is 0.967 bits per heavy atom. The van der Waals surface area contributed by atoms with Crippen LogP contribution in [-0.2, 0) is 10.2 Å². The summed E-state index contributed by atoms with van der Waals surface area (Å²) in [4.78, 5) is 0. The van der Waals surface area contributed by atoms with Crippen LogP contribution in [0.4, 0.5) is 0 Å². The SMILES string of the molecule is CC(C)CNCC(O)COc1ccc(C(C)(C)c2ccc(OCC3CO3)cc2)cc1. The van der Waals surface area contributed by atoms with Crippen LogP contribution in [0.15, 0.2) is 48.5 Å². The standard InChI is InChI=1S/C25H35NO4/c1-18(2)13-26-14-21(27)15-28-22-9-5-19(6-10-22)25(3,4)20-7-11-23(12-8-20)29-16-24-17-30-24/h5-12,18,21,24,26-27H,13-17H2,1-4H3. The van der Waals surface area contributed by atoms with Gasteiger partial charge in [0.05, 0.1) is 6.61 Å². The van der Waals surface area contributed by atoms with Gasteiger partial charge in [-0.2, -0.15) is 0 Å². The molecule has 164 valence electrons. The first kappa shape index (κ1) is 22.6. The van der Waals surface area contributed by atoms with E-state index >= 15 is 0 Å². The summed E-state index contributed by atoms with van der Waals surface area (Å²) in [6.07, 6.45) is -0.258. The van der Waals surface area contributed by atoms with Crippen LogP contribution in [0.3, 0.4) is 0 Å². The molecule has 5 nitrogen and oxygen atoms in total. The highest BCUT2D eigenvalue weighted by atomic mass is 16.6. The summed E-state index contributed by atoms with van der Waals surface area (Å²) in [6.45, 7) is 11.8. The molecular formula is C25H35NO4. The van der Waals surface area contributed by atoms with Crippen LogP contribution in [0.25, 0.3) is 0 Å². The van der Waals surface area contributed by atoms with Crippen LogP contribution in [-0.4, -0.2) is 50.2 Å². The zero-order valence-electron chi connectivity index (χ0n) is 18.6. The van der Waals surface area contributed by atoms with Gasteiger partial charge in [0, 0.05) is 12.0 Å². The smallest absolute Gasteiger partial charge is 0.119 e. The summed E-state index contributed by atoms with van der Waals surface area (Å²) in [5.74, 6) is 2.20. The molecule has 0 aliphatic carbocycles. The lowest BCUT2D eigenvalue weighted by Crippen LogP contribution is -2.33. The Balaban J connectivity index is 1.52. The average molecular weight is 414 g/mol. The number of aliphatic hydroxyl groups excluding tert-OH is 1. The van der Waals surface area contributed by atoms with Crippen molar-refractivity contribution in [2.24, 2.45) is 5.92 Å². The third-order valence-corrected chi connectivity index (χ3v) is 5.37. The van der Waals surface area contributed by atoms with Crippen LogP contribution >= 0.6 is 0 Å². The third-order valence-electron chi connectivity index (χ3n) is 5.37. The molecule has 5 heteroatoms. The minimum atomic E-state index is -0.521. The molecule has 1 saturated heterocycles. The maximum atomic E-state index is 10.0. The van der Waals surface area contributed by atoms with Crippen molar-refractivity contribution in [1.29, 1.82) is 0 Å². The fraction of sp³-hybridized carbons (Fsp3) is 0.520. The largest absolute Gasteiger partial charge is 0.491 e. The predicted octanol–water partition coefficient (Wildman–Crippen LogP) is 3.78. The third kappa shape index (κ3) is 6.73. The van der Waals surface area contributed by atoms with Gasteiger partial charge in [-0.3, -0.25) is 0 Å². The molecule has 0 aromatic heterocycles. The van der Waals surface area contributed by atoms with E-state index in [1.165, 1.54) is 11.1 Å². The Kier molecular flexibility index (Phi) is 7.75.